The molecule has 4 rings (SSSR count). The molecule has 0 aromatic heterocycles. The molecule has 0 spiro atoms. The summed E-state index contributed by atoms with van der Waals surface area (Å²) in [5.74, 6) is 1.22. The van der Waals surface area contributed by atoms with Crippen LogP contribution < -0.4 is 0 Å². The lowest BCUT2D eigenvalue weighted by atomic mass is 9.84. The first-order chi connectivity index (χ1) is 12.1. The third-order valence-electron chi connectivity index (χ3n) is 6.66. The van der Waals surface area contributed by atoms with Gasteiger partial charge < -0.3 is 9.80 Å². The van der Waals surface area contributed by atoms with Crippen molar-refractivity contribution in [2.45, 2.75) is 82.7 Å². The van der Waals surface area contributed by atoms with Crippen molar-refractivity contribution in [2.24, 2.45) is 0 Å². The second-order valence-corrected chi connectivity index (χ2v) is 8.61. The maximum Gasteiger partial charge on any atom is 0.320 e. The topological polar surface area (TPSA) is 23.6 Å². The van der Waals surface area contributed by atoms with E-state index < -0.39 is 0 Å². The lowest BCUT2D eigenvalue weighted by molar-refractivity contribution is 0.0991. The number of fused-ring (bicyclic) bond motifs is 2. The predicted molar refractivity (Wildman–Crippen MR) is 102 cm³/mol. The molecule has 136 valence electrons. The molecule has 3 fully saturated rings. The second-order valence-electron chi connectivity index (χ2n) is 8.61. The number of urea groups is 1. The van der Waals surface area contributed by atoms with E-state index in [9.17, 15) is 4.79 Å². The molecule has 0 N–H and O–H groups in total. The predicted octanol–water partition coefficient (Wildman–Crippen LogP) is 5.13. The van der Waals surface area contributed by atoms with Gasteiger partial charge in [0, 0.05) is 25.2 Å². The largest absolute Gasteiger partial charge is 0.325 e. The molecule has 3 heterocycles. The highest BCUT2D eigenvalue weighted by Crippen LogP contribution is 2.43. The zero-order valence-electron chi connectivity index (χ0n) is 15.8. The van der Waals surface area contributed by atoms with Crippen molar-refractivity contribution in [1.82, 2.24) is 9.80 Å². The molecular formula is C22H32N2O. The van der Waals surface area contributed by atoms with Crippen LogP contribution in [0.1, 0.15) is 81.8 Å². The van der Waals surface area contributed by atoms with Crippen molar-refractivity contribution in [1.29, 1.82) is 0 Å². The molecule has 1 aromatic rings. The number of hydrogen-bond acceptors (Lipinski definition) is 1. The Morgan fingerprint density at radius 2 is 1.56 bits per heavy atom. The Bertz CT molecular complexity index is 589. The van der Waals surface area contributed by atoms with E-state index in [1.54, 1.807) is 0 Å². The molecule has 25 heavy (non-hydrogen) atoms. The van der Waals surface area contributed by atoms with Gasteiger partial charge in [0.15, 0.2) is 0 Å². The number of carbonyl (C=O) groups excluding carboxylic acids is 1. The summed E-state index contributed by atoms with van der Waals surface area (Å²) < 4.78 is 0. The molecule has 3 saturated heterocycles. The Balaban J connectivity index is 1.45. The zero-order chi connectivity index (χ0) is 17.4. The summed E-state index contributed by atoms with van der Waals surface area (Å²) in [5, 5.41) is 0. The molecule has 3 aliphatic rings. The highest BCUT2D eigenvalue weighted by atomic mass is 16.2. The highest BCUT2D eigenvalue weighted by Gasteiger charge is 2.44. The van der Waals surface area contributed by atoms with Crippen molar-refractivity contribution < 1.29 is 4.79 Å². The minimum atomic E-state index is 0.334. The highest BCUT2D eigenvalue weighted by molar-refractivity contribution is 5.76. The van der Waals surface area contributed by atoms with E-state index in [0.29, 0.717) is 30.0 Å². The van der Waals surface area contributed by atoms with Crippen molar-refractivity contribution in [3.05, 3.63) is 35.4 Å². The molecule has 0 saturated carbocycles. The third-order valence-corrected chi connectivity index (χ3v) is 6.66. The fourth-order valence-electron chi connectivity index (χ4n) is 5.16. The normalized spacial score (nSPS) is 29.3. The number of nitrogens with zero attached hydrogens (tertiary/aromatic N) is 2. The van der Waals surface area contributed by atoms with Gasteiger partial charge in [0.25, 0.3) is 0 Å². The van der Waals surface area contributed by atoms with Gasteiger partial charge in [-0.05, 0) is 67.9 Å². The molecule has 3 nitrogen and oxygen atoms in total. The van der Waals surface area contributed by atoms with E-state index in [-0.39, 0.29) is 0 Å². The van der Waals surface area contributed by atoms with E-state index in [0.717, 1.165) is 25.9 Å². The van der Waals surface area contributed by atoms with E-state index in [1.807, 2.05) is 0 Å². The molecular weight excluding hydrogens is 308 g/mol. The quantitative estimate of drug-likeness (QED) is 0.732. The summed E-state index contributed by atoms with van der Waals surface area (Å²) in [4.78, 5) is 17.4. The number of likely N-dealkylation sites (tertiary alicyclic amines) is 1. The fourth-order valence-corrected chi connectivity index (χ4v) is 5.16. The molecule has 2 bridgehead atoms. The minimum Gasteiger partial charge on any atom is -0.325 e. The lowest BCUT2D eigenvalue weighted by Crippen LogP contribution is -2.53. The van der Waals surface area contributed by atoms with Gasteiger partial charge in [-0.1, -0.05) is 38.1 Å². The smallest absolute Gasteiger partial charge is 0.320 e. The van der Waals surface area contributed by atoms with Crippen LogP contribution in [-0.2, 0) is 0 Å². The van der Waals surface area contributed by atoms with Gasteiger partial charge in [-0.15, -0.1) is 0 Å². The summed E-state index contributed by atoms with van der Waals surface area (Å²) in [6, 6.07) is 10.5. The van der Waals surface area contributed by atoms with Crippen LogP contribution >= 0.6 is 0 Å². The van der Waals surface area contributed by atoms with Crippen LogP contribution in [-0.4, -0.2) is 41.0 Å². The first-order valence-corrected chi connectivity index (χ1v) is 10.3. The van der Waals surface area contributed by atoms with E-state index in [4.69, 9.17) is 0 Å². The van der Waals surface area contributed by atoms with E-state index >= 15 is 0 Å². The van der Waals surface area contributed by atoms with E-state index in [2.05, 4.69) is 47.9 Å². The van der Waals surface area contributed by atoms with Crippen LogP contribution in [0.5, 0.6) is 0 Å². The van der Waals surface area contributed by atoms with Gasteiger partial charge in [0.05, 0.1) is 0 Å². The monoisotopic (exact) mass is 340 g/mol. The number of hydrogen-bond donors (Lipinski definition) is 0. The summed E-state index contributed by atoms with van der Waals surface area (Å²) in [5.41, 5.74) is 2.90. The van der Waals surface area contributed by atoms with Crippen molar-refractivity contribution in [3.8, 4) is 0 Å². The van der Waals surface area contributed by atoms with Gasteiger partial charge in [-0.25, -0.2) is 4.79 Å². The summed E-state index contributed by atoms with van der Waals surface area (Å²) in [6.07, 6.45) is 8.34. The van der Waals surface area contributed by atoms with Gasteiger partial charge in [0.1, 0.15) is 0 Å². The van der Waals surface area contributed by atoms with Crippen LogP contribution in [0.15, 0.2) is 24.3 Å². The Morgan fingerprint density at radius 1 is 0.960 bits per heavy atom. The van der Waals surface area contributed by atoms with Crippen LogP contribution in [0.25, 0.3) is 0 Å². The maximum absolute atomic E-state index is 13.0. The van der Waals surface area contributed by atoms with Crippen molar-refractivity contribution >= 4 is 6.03 Å². The SMILES string of the molecule is CC(C)c1ccc(C2C[C@H]3CC[C@@H](C2)N3C(=O)N2CCCCC2)cc1. The van der Waals surface area contributed by atoms with Gasteiger partial charge in [0.2, 0.25) is 0 Å². The Morgan fingerprint density at radius 3 is 2.12 bits per heavy atom. The standard InChI is InChI=1S/C22H32N2O/c1-16(2)17-6-8-18(9-7-17)19-14-20-10-11-21(15-19)24(20)22(25)23-12-4-3-5-13-23/h6-9,16,19-21H,3-5,10-15H2,1-2H3/t19?,20-,21+. The molecule has 1 aromatic carbocycles. The first kappa shape index (κ1) is 16.9. The molecule has 0 aliphatic carbocycles. The fraction of sp³-hybridized carbons (Fsp3) is 0.682. The lowest BCUT2D eigenvalue weighted by Gasteiger charge is -2.42. The van der Waals surface area contributed by atoms with Crippen LogP contribution in [0.4, 0.5) is 4.79 Å². The molecule has 0 radical (unpaired) electrons. The first-order valence-electron chi connectivity index (χ1n) is 10.3. The Hall–Kier alpha value is -1.51. The third kappa shape index (κ3) is 3.30. The van der Waals surface area contributed by atoms with Gasteiger partial charge in [-0.3, -0.25) is 0 Å². The summed E-state index contributed by atoms with van der Waals surface area (Å²) in [6.45, 7) is 6.43. The number of benzene rings is 1. The summed E-state index contributed by atoms with van der Waals surface area (Å²) >= 11 is 0. The minimum absolute atomic E-state index is 0.334. The zero-order valence-corrected chi connectivity index (χ0v) is 15.8. The average molecular weight is 341 g/mol. The molecule has 2 amide bonds. The molecule has 3 atom stereocenters. The Kier molecular flexibility index (Phi) is 4.75. The second kappa shape index (κ2) is 7.01. The van der Waals surface area contributed by atoms with Gasteiger partial charge in [-0.2, -0.15) is 0 Å². The molecule has 3 heteroatoms. The van der Waals surface area contributed by atoms with Gasteiger partial charge >= 0.3 is 6.03 Å². The van der Waals surface area contributed by atoms with E-state index in [1.165, 1.54) is 43.2 Å². The van der Waals surface area contributed by atoms with Crippen LogP contribution in [0.3, 0.4) is 0 Å². The average Bonchev–Trinajstić information content (AvgIpc) is 2.91. The van der Waals surface area contributed by atoms with Crippen molar-refractivity contribution in [3.63, 3.8) is 0 Å². The molecule has 1 unspecified atom stereocenters. The number of piperidine rings is 2. The molecule has 3 aliphatic heterocycles. The van der Waals surface area contributed by atoms with Crippen LogP contribution in [0.2, 0.25) is 0 Å². The number of carbonyl (C=O) groups is 1. The van der Waals surface area contributed by atoms with Crippen LogP contribution in [0, 0.1) is 0 Å². The Labute approximate surface area is 152 Å². The maximum atomic E-state index is 13.0. The number of rotatable bonds is 2. The van der Waals surface area contributed by atoms with Crippen molar-refractivity contribution in [2.75, 3.05) is 13.1 Å². The number of amides is 2. The summed E-state index contributed by atoms with van der Waals surface area (Å²) in [7, 11) is 0.